The number of ether oxygens (including phenoxy) is 2. The fourth-order valence-electron chi connectivity index (χ4n) is 2.62. The van der Waals surface area contributed by atoms with E-state index in [-0.39, 0.29) is 13.2 Å². The number of pyridine rings is 1. The molecule has 6 nitrogen and oxygen atoms in total. The molecule has 22 heavy (non-hydrogen) atoms. The first-order valence-electron chi connectivity index (χ1n) is 7.03. The van der Waals surface area contributed by atoms with E-state index in [1.54, 1.807) is 6.20 Å². The molecular formula is C15H18N2O4S. The molecule has 3 rings (SSSR count). The van der Waals surface area contributed by atoms with E-state index in [2.05, 4.69) is 9.71 Å². The van der Waals surface area contributed by atoms with Crippen LogP contribution in [-0.4, -0.2) is 45.1 Å². The molecule has 2 heterocycles. The molecule has 0 spiro atoms. The van der Waals surface area contributed by atoms with Crippen molar-refractivity contribution < 1.29 is 17.9 Å². The maximum atomic E-state index is 12.4. The van der Waals surface area contributed by atoms with Gasteiger partial charge >= 0.3 is 0 Å². The summed E-state index contributed by atoms with van der Waals surface area (Å²) in [4.78, 5) is 4.33. The van der Waals surface area contributed by atoms with Crippen LogP contribution >= 0.6 is 0 Å². The Morgan fingerprint density at radius 3 is 2.95 bits per heavy atom. The van der Waals surface area contributed by atoms with Crippen LogP contribution < -0.4 is 4.72 Å². The van der Waals surface area contributed by atoms with E-state index in [4.69, 9.17) is 9.47 Å². The average Bonchev–Trinajstić information content (AvgIpc) is 3.02. The van der Waals surface area contributed by atoms with Gasteiger partial charge in [0.1, 0.15) is 11.4 Å². The largest absolute Gasteiger partial charge is 0.378 e. The molecule has 2 atom stereocenters. The zero-order valence-corrected chi connectivity index (χ0v) is 13.0. The SMILES string of the molecule is COC1COCC1S(=O)(=O)NCc1cccc2cccnc12. The molecule has 1 saturated heterocycles. The smallest absolute Gasteiger partial charge is 0.219 e. The molecule has 7 heteroatoms. The molecule has 2 unspecified atom stereocenters. The summed E-state index contributed by atoms with van der Waals surface area (Å²) in [7, 11) is -2.02. The molecule has 1 N–H and O–H groups in total. The van der Waals surface area contributed by atoms with E-state index in [0.717, 1.165) is 16.5 Å². The van der Waals surface area contributed by atoms with Crippen molar-refractivity contribution in [3.8, 4) is 0 Å². The number of fused-ring (bicyclic) bond motifs is 1. The van der Waals surface area contributed by atoms with Gasteiger partial charge in [-0.25, -0.2) is 13.1 Å². The minimum absolute atomic E-state index is 0.154. The molecule has 1 fully saturated rings. The number of para-hydroxylation sites is 1. The van der Waals surface area contributed by atoms with Gasteiger partial charge in [0.2, 0.25) is 10.0 Å². The van der Waals surface area contributed by atoms with Crippen molar-refractivity contribution in [1.29, 1.82) is 0 Å². The Labute approximate surface area is 129 Å². The topological polar surface area (TPSA) is 77.5 Å². The number of hydrogen-bond donors (Lipinski definition) is 1. The van der Waals surface area contributed by atoms with Gasteiger partial charge in [0.25, 0.3) is 0 Å². The fraction of sp³-hybridized carbons (Fsp3) is 0.400. The highest BCUT2D eigenvalue weighted by molar-refractivity contribution is 7.90. The molecule has 1 aromatic heterocycles. The van der Waals surface area contributed by atoms with Crippen molar-refractivity contribution in [2.24, 2.45) is 0 Å². The van der Waals surface area contributed by atoms with Crippen molar-refractivity contribution in [1.82, 2.24) is 9.71 Å². The number of rotatable bonds is 5. The van der Waals surface area contributed by atoms with Crippen molar-refractivity contribution >= 4 is 20.9 Å². The Kier molecular flexibility index (Phi) is 4.39. The number of methoxy groups -OCH3 is 1. The third-order valence-corrected chi connectivity index (χ3v) is 5.64. The van der Waals surface area contributed by atoms with Crippen molar-refractivity contribution in [3.05, 3.63) is 42.1 Å². The van der Waals surface area contributed by atoms with Crippen molar-refractivity contribution in [3.63, 3.8) is 0 Å². The summed E-state index contributed by atoms with van der Waals surface area (Å²) >= 11 is 0. The van der Waals surface area contributed by atoms with Crippen LogP contribution in [0.15, 0.2) is 36.5 Å². The summed E-state index contributed by atoms with van der Waals surface area (Å²) in [6, 6.07) is 9.52. The summed E-state index contributed by atoms with van der Waals surface area (Å²) in [6.07, 6.45) is 1.27. The molecule has 0 aliphatic carbocycles. The molecule has 2 aromatic rings. The number of nitrogens with one attached hydrogen (secondary N) is 1. The van der Waals surface area contributed by atoms with E-state index in [1.165, 1.54) is 7.11 Å². The Morgan fingerprint density at radius 2 is 2.14 bits per heavy atom. The standard InChI is InChI=1S/C15H18N2O4S/c1-20-13-9-21-10-14(13)22(18,19)17-8-12-5-2-4-11-6-3-7-16-15(11)12/h2-7,13-14,17H,8-10H2,1H3. The number of aromatic nitrogens is 1. The van der Waals surface area contributed by atoms with E-state index in [9.17, 15) is 8.42 Å². The molecule has 0 amide bonds. The lowest BCUT2D eigenvalue weighted by Gasteiger charge is -2.17. The van der Waals surface area contributed by atoms with E-state index in [1.807, 2.05) is 30.3 Å². The van der Waals surface area contributed by atoms with Gasteiger partial charge in [0.15, 0.2) is 0 Å². The van der Waals surface area contributed by atoms with Gasteiger partial charge in [-0.05, 0) is 11.6 Å². The lowest BCUT2D eigenvalue weighted by Crippen LogP contribution is -2.41. The summed E-state index contributed by atoms with van der Waals surface area (Å²) < 4.78 is 37.9. The molecule has 1 aliphatic heterocycles. The second kappa shape index (κ2) is 6.29. The number of nitrogens with zero attached hydrogens (tertiary/aromatic N) is 1. The average molecular weight is 322 g/mol. The van der Waals surface area contributed by atoms with Crippen LogP contribution in [0.5, 0.6) is 0 Å². The Morgan fingerprint density at radius 1 is 1.32 bits per heavy atom. The molecule has 0 bridgehead atoms. The maximum Gasteiger partial charge on any atom is 0.219 e. The highest BCUT2D eigenvalue weighted by Gasteiger charge is 2.38. The summed E-state index contributed by atoms with van der Waals surface area (Å²) in [5, 5.41) is 0.304. The van der Waals surface area contributed by atoms with Crippen molar-refractivity contribution in [2.75, 3.05) is 20.3 Å². The van der Waals surface area contributed by atoms with Gasteiger partial charge in [-0.2, -0.15) is 0 Å². The molecule has 0 saturated carbocycles. The number of benzene rings is 1. The van der Waals surface area contributed by atoms with Crippen LogP contribution in [0.2, 0.25) is 0 Å². The third-order valence-electron chi connectivity index (χ3n) is 3.86. The Bertz CT molecular complexity index is 758. The summed E-state index contributed by atoms with van der Waals surface area (Å²) in [6.45, 7) is 0.656. The maximum absolute atomic E-state index is 12.4. The highest BCUT2D eigenvalue weighted by Crippen LogP contribution is 2.19. The number of sulfonamides is 1. The lowest BCUT2D eigenvalue weighted by molar-refractivity contribution is 0.0828. The monoisotopic (exact) mass is 322 g/mol. The van der Waals surface area contributed by atoms with Crippen LogP contribution in [0.25, 0.3) is 10.9 Å². The van der Waals surface area contributed by atoms with Crippen LogP contribution in [0.3, 0.4) is 0 Å². The lowest BCUT2D eigenvalue weighted by atomic mass is 10.1. The predicted octanol–water partition coefficient (Wildman–Crippen LogP) is 1.07. The molecular weight excluding hydrogens is 304 g/mol. The minimum Gasteiger partial charge on any atom is -0.378 e. The van der Waals surface area contributed by atoms with Gasteiger partial charge in [0.05, 0.1) is 18.7 Å². The first-order chi connectivity index (χ1) is 10.6. The van der Waals surface area contributed by atoms with Crippen LogP contribution in [-0.2, 0) is 26.0 Å². The number of hydrogen-bond acceptors (Lipinski definition) is 5. The highest BCUT2D eigenvalue weighted by atomic mass is 32.2. The summed E-state index contributed by atoms with van der Waals surface area (Å²) in [5.41, 5.74) is 1.65. The zero-order valence-electron chi connectivity index (χ0n) is 12.2. The zero-order chi connectivity index (χ0) is 15.6. The predicted molar refractivity (Wildman–Crippen MR) is 82.9 cm³/mol. The van der Waals surface area contributed by atoms with Gasteiger partial charge in [0, 0.05) is 25.2 Å². The Balaban J connectivity index is 1.79. The van der Waals surface area contributed by atoms with Gasteiger partial charge in [-0.3, -0.25) is 4.98 Å². The van der Waals surface area contributed by atoms with E-state index < -0.39 is 21.4 Å². The quantitative estimate of drug-likeness (QED) is 0.891. The van der Waals surface area contributed by atoms with Crippen molar-refractivity contribution in [2.45, 2.75) is 17.9 Å². The summed E-state index contributed by atoms with van der Waals surface area (Å²) in [5.74, 6) is 0. The third kappa shape index (κ3) is 2.98. The molecule has 118 valence electrons. The second-order valence-electron chi connectivity index (χ2n) is 5.21. The molecule has 1 aliphatic rings. The first kappa shape index (κ1) is 15.4. The van der Waals surface area contributed by atoms with Crippen LogP contribution in [0.1, 0.15) is 5.56 Å². The fourth-order valence-corrected chi connectivity index (χ4v) is 4.06. The first-order valence-corrected chi connectivity index (χ1v) is 8.58. The van der Waals surface area contributed by atoms with E-state index >= 15 is 0 Å². The normalized spacial score (nSPS) is 22.2. The van der Waals surface area contributed by atoms with Crippen LogP contribution in [0, 0.1) is 0 Å². The van der Waals surface area contributed by atoms with Crippen LogP contribution in [0.4, 0.5) is 0 Å². The Hall–Kier alpha value is -1.54. The second-order valence-corrected chi connectivity index (χ2v) is 7.19. The van der Waals surface area contributed by atoms with Gasteiger partial charge in [-0.15, -0.1) is 0 Å². The van der Waals surface area contributed by atoms with Gasteiger partial charge in [-0.1, -0.05) is 24.3 Å². The van der Waals surface area contributed by atoms with E-state index in [0.29, 0.717) is 6.61 Å². The minimum atomic E-state index is -3.52. The molecule has 1 aromatic carbocycles. The van der Waals surface area contributed by atoms with Gasteiger partial charge < -0.3 is 9.47 Å². The molecule has 0 radical (unpaired) electrons.